The molecule has 5 rings (SSSR count). The van der Waals surface area contributed by atoms with Crippen LogP contribution in [0.4, 0.5) is 5.82 Å². The van der Waals surface area contributed by atoms with Crippen LogP contribution in [0.5, 0.6) is 0 Å². The predicted octanol–water partition coefficient (Wildman–Crippen LogP) is 2.72. The molecule has 9 nitrogen and oxygen atoms in total. The zero-order valence-corrected chi connectivity index (χ0v) is 17.7. The molecule has 32 heavy (non-hydrogen) atoms. The molecular weight excluding hydrogens is 406 g/mol. The van der Waals surface area contributed by atoms with Gasteiger partial charge in [0.1, 0.15) is 11.4 Å². The first-order valence-electron chi connectivity index (χ1n) is 10.2. The van der Waals surface area contributed by atoms with Gasteiger partial charge in [0, 0.05) is 38.1 Å². The number of benzene rings is 1. The molecule has 9 heteroatoms. The molecule has 3 aromatic heterocycles. The zero-order chi connectivity index (χ0) is 22.2. The topological polar surface area (TPSA) is 97.4 Å². The highest BCUT2D eigenvalue weighted by molar-refractivity contribution is 6.08. The fraction of sp³-hybridized carbons (Fsp3) is 0.174. The first-order chi connectivity index (χ1) is 15.5. The third kappa shape index (κ3) is 3.53. The molecular formula is C23H21N7O2. The zero-order valence-electron chi connectivity index (χ0n) is 17.7. The smallest absolute Gasteiger partial charge is 0.262 e. The summed E-state index contributed by atoms with van der Waals surface area (Å²) in [5, 5.41) is 11.8. The highest BCUT2D eigenvalue weighted by Crippen LogP contribution is 2.27. The minimum absolute atomic E-state index is 0.0563. The maximum atomic E-state index is 13.1. The number of rotatable bonds is 4. The fourth-order valence-corrected chi connectivity index (χ4v) is 3.61. The molecule has 0 saturated carbocycles. The van der Waals surface area contributed by atoms with Crippen molar-refractivity contribution in [2.75, 3.05) is 18.9 Å². The van der Waals surface area contributed by atoms with Crippen molar-refractivity contribution in [2.24, 2.45) is 0 Å². The Morgan fingerprint density at radius 1 is 1.19 bits per heavy atom. The van der Waals surface area contributed by atoms with Gasteiger partial charge in [0.2, 0.25) is 5.91 Å². The SMILES string of the molecule is Cc1ccc(-n2nc(C3=CC(=O)N(C)CC3)cc2NC(=O)c2cnn3cccnc23)cc1. The van der Waals surface area contributed by atoms with Gasteiger partial charge in [-0.15, -0.1) is 0 Å². The Morgan fingerprint density at radius 3 is 2.78 bits per heavy atom. The molecule has 2 amide bonds. The lowest BCUT2D eigenvalue weighted by atomic mass is 10.1. The van der Waals surface area contributed by atoms with E-state index in [9.17, 15) is 9.59 Å². The van der Waals surface area contributed by atoms with Gasteiger partial charge in [-0.3, -0.25) is 9.59 Å². The van der Waals surface area contributed by atoms with Crippen LogP contribution in [0, 0.1) is 6.92 Å². The summed E-state index contributed by atoms with van der Waals surface area (Å²) in [4.78, 5) is 31.2. The molecule has 0 aliphatic carbocycles. The van der Waals surface area contributed by atoms with Gasteiger partial charge in [0.15, 0.2) is 5.65 Å². The second kappa shape index (κ2) is 7.77. The van der Waals surface area contributed by atoms with Crippen molar-refractivity contribution in [2.45, 2.75) is 13.3 Å². The van der Waals surface area contributed by atoms with Gasteiger partial charge in [-0.25, -0.2) is 14.2 Å². The molecule has 4 heterocycles. The minimum Gasteiger partial charge on any atom is -0.342 e. The number of likely N-dealkylation sites (N-methyl/N-ethyl adjacent to an activating group) is 1. The summed E-state index contributed by atoms with van der Waals surface area (Å²) in [5.41, 5.74) is 4.24. The van der Waals surface area contributed by atoms with Crippen molar-refractivity contribution in [1.29, 1.82) is 0 Å². The number of nitrogens with one attached hydrogen (secondary N) is 1. The summed E-state index contributed by atoms with van der Waals surface area (Å²) in [7, 11) is 1.77. The largest absolute Gasteiger partial charge is 0.342 e. The number of hydrogen-bond acceptors (Lipinski definition) is 5. The molecule has 0 fully saturated rings. The predicted molar refractivity (Wildman–Crippen MR) is 119 cm³/mol. The van der Waals surface area contributed by atoms with E-state index in [0.717, 1.165) is 16.8 Å². The Bertz CT molecular complexity index is 1360. The molecule has 160 valence electrons. The fourth-order valence-electron chi connectivity index (χ4n) is 3.61. The Morgan fingerprint density at radius 2 is 2.00 bits per heavy atom. The second-order valence-electron chi connectivity index (χ2n) is 7.74. The molecule has 1 aliphatic rings. The maximum Gasteiger partial charge on any atom is 0.262 e. The summed E-state index contributed by atoms with van der Waals surface area (Å²) in [5.74, 6) is 0.0995. The molecule has 1 N–H and O–H groups in total. The Hall–Kier alpha value is -4.27. The van der Waals surface area contributed by atoms with E-state index in [-0.39, 0.29) is 11.8 Å². The van der Waals surface area contributed by atoms with Gasteiger partial charge in [-0.1, -0.05) is 17.7 Å². The number of aryl methyl sites for hydroxylation is 1. The molecule has 0 saturated heterocycles. The quantitative estimate of drug-likeness (QED) is 0.540. The first kappa shape index (κ1) is 19.7. The molecule has 1 aromatic carbocycles. The summed E-state index contributed by atoms with van der Waals surface area (Å²) in [6, 6.07) is 11.4. The van der Waals surface area contributed by atoms with Crippen LogP contribution in [-0.4, -0.2) is 54.7 Å². The van der Waals surface area contributed by atoms with Gasteiger partial charge in [0.05, 0.1) is 17.6 Å². The molecule has 4 aromatic rings. The Labute approximate surface area is 184 Å². The number of aromatic nitrogens is 5. The van der Waals surface area contributed by atoms with E-state index in [1.54, 1.807) is 51.7 Å². The highest BCUT2D eigenvalue weighted by atomic mass is 16.2. The average Bonchev–Trinajstić information content (AvgIpc) is 3.41. The Balaban J connectivity index is 1.54. The number of carbonyl (C=O) groups excluding carboxylic acids is 2. The number of amides is 2. The molecule has 0 spiro atoms. The normalized spacial score (nSPS) is 14.0. The standard InChI is InChI=1S/C23H21N7O2/c1-15-4-6-17(7-5-15)30-20(13-19(27-30)16-8-11-28(2)21(31)12-16)26-23(32)18-14-25-29-10-3-9-24-22(18)29/h3-7,9-10,12-14H,8,11H2,1-2H3,(H,26,32). The van der Waals surface area contributed by atoms with Crippen LogP contribution < -0.4 is 5.32 Å². The van der Waals surface area contributed by atoms with Crippen molar-refractivity contribution in [1.82, 2.24) is 29.3 Å². The van der Waals surface area contributed by atoms with Crippen LogP contribution in [0.25, 0.3) is 16.9 Å². The first-order valence-corrected chi connectivity index (χ1v) is 10.2. The molecule has 0 atom stereocenters. The van der Waals surface area contributed by atoms with Crippen molar-refractivity contribution in [3.05, 3.63) is 77.9 Å². The van der Waals surface area contributed by atoms with Crippen molar-refractivity contribution < 1.29 is 9.59 Å². The van der Waals surface area contributed by atoms with Crippen molar-refractivity contribution >= 4 is 28.9 Å². The van der Waals surface area contributed by atoms with E-state index in [2.05, 4.69) is 15.4 Å². The van der Waals surface area contributed by atoms with Crippen LogP contribution in [0.3, 0.4) is 0 Å². The molecule has 0 unspecified atom stereocenters. The van der Waals surface area contributed by atoms with Crippen LogP contribution in [0.1, 0.15) is 28.0 Å². The maximum absolute atomic E-state index is 13.1. The van der Waals surface area contributed by atoms with E-state index in [4.69, 9.17) is 5.10 Å². The van der Waals surface area contributed by atoms with E-state index in [1.165, 1.54) is 6.20 Å². The number of anilines is 1. The van der Waals surface area contributed by atoms with Crippen LogP contribution >= 0.6 is 0 Å². The highest BCUT2D eigenvalue weighted by Gasteiger charge is 2.22. The van der Waals surface area contributed by atoms with Gasteiger partial charge < -0.3 is 10.2 Å². The molecule has 0 bridgehead atoms. The lowest BCUT2D eigenvalue weighted by Gasteiger charge is -2.21. The number of carbonyl (C=O) groups is 2. The lowest BCUT2D eigenvalue weighted by molar-refractivity contribution is -0.125. The van der Waals surface area contributed by atoms with Gasteiger partial charge in [0.25, 0.3) is 5.91 Å². The number of fused-ring (bicyclic) bond motifs is 1. The average molecular weight is 427 g/mol. The minimum atomic E-state index is -0.341. The summed E-state index contributed by atoms with van der Waals surface area (Å²) >= 11 is 0. The van der Waals surface area contributed by atoms with Crippen LogP contribution in [-0.2, 0) is 4.79 Å². The Kier molecular flexibility index (Phi) is 4.78. The number of hydrogen-bond donors (Lipinski definition) is 1. The summed E-state index contributed by atoms with van der Waals surface area (Å²) in [6.07, 6.45) is 7.14. The van der Waals surface area contributed by atoms with Crippen LogP contribution in [0.2, 0.25) is 0 Å². The van der Waals surface area contributed by atoms with E-state index in [0.29, 0.717) is 35.7 Å². The van der Waals surface area contributed by atoms with Gasteiger partial charge >= 0.3 is 0 Å². The summed E-state index contributed by atoms with van der Waals surface area (Å²) < 4.78 is 3.22. The molecule has 0 radical (unpaired) electrons. The third-order valence-electron chi connectivity index (χ3n) is 5.47. The van der Waals surface area contributed by atoms with Crippen LogP contribution in [0.15, 0.2) is 61.1 Å². The third-order valence-corrected chi connectivity index (χ3v) is 5.47. The number of nitrogens with zero attached hydrogens (tertiary/aromatic N) is 6. The van der Waals surface area contributed by atoms with Gasteiger partial charge in [-0.2, -0.15) is 10.2 Å². The van der Waals surface area contributed by atoms with E-state index >= 15 is 0 Å². The molecule has 1 aliphatic heterocycles. The van der Waals surface area contributed by atoms with Gasteiger partial charge in [-0.05, 0) is 37.1 Å². The lowest BCUT2D eigenvalue weighted by Crippen LogP contribution is -2.29. The monoisotopic (exact) mass is 427 g/mol. The van der Waals surface area contributed by atoms with Crippen molar-refractivity contribution in [3.8, 4) is 5.69 Å². The van der Waals surface area contributed by atoms with E-state index < -0.39 is 0 Å². The van der Waals surface area contributed by atoms with Crippen molar-refractivity contribution in [3.63, 3.8) is 0 Å². The summed E-state index contributed by atoms with van der Waals surface area (Å²) in [6.45, 7) is 2.63. The second-order valence-corrected chi connectivity index (χ2v) is 7.74. The van der Waals surface area contributed by atoms with E-state index in [1.807, 2.05) is 31.2 Å².